The van der Waals surface area contributed by atoms with Crippen LogP contribution in [-0.4, -0.2) is 29.2 Å². The number of hydrogen-bond acceptors (Lipinski definition) is 4. The summed E-state index contributed by atoms with van der Waals surface area (Å²) in [5, 5.41) is 0. The van der Waals surface area contributed by atoms with Crippen molar-refractivity contribution in [1.29, 1.82) is 0 Å². The van der Waals surface area contributed by atoms with Crippen LogP contribution in [0.3, 0.4) is 0 Å². The summed E-state index contributed by atoms with van der Waals surface area (Å²) in [6.07, 6.45) is 0. The van der Waals surface area contributed by atoms with Crippen molar-refractivity contribution in [3.05, 3.63) is 89.7 Å². The van der Waals surface area contributed by atoms with Crippen molar-refractivity contribution >= 4 is 10.0 Å². The maximum Gasteiger partial charge on any atom is 0.243 e. The highest BCUT2D eigenvalue weighted by Gasteiger charge is 2.24. The molecule has 5 nitrogen and oxygen atoms in total. The Morgan fingerprint density at radius 1 is 0.862 bits per heavy atom. The van der Waals surface area contributed by atoms with E-state index in [9.17, 15) is 12.8 Å². The highest BCUT2D eigenvalue weighted by Crippen LogP contribution is 2.32. The first-order chi connectivity index (χ1) is 14.0. The van der Waals surface area contributed by atoms with E-state index in [1.165, 1.54) is 14.2 Å². The average Bonchev–Trinajstić information content (AvgIpc) is 2.75. The van der Waals surface area contributed by atoms with E-state index in [0.29, 0.717) is 0 Å². The second-order valence-electron chi connectivity index (χ2n) is 6.36. The van der Waals surface area contributed by atoms with Gasteiger partial charge in [-0.25, -0.2) is 17.5 Å². The van der Waals surface area contributed by atoms with Crippen LogP contribution in [0.4, 0.5) is 4.39 Å². The summed E-state index contributed by atoms with van der Waals surface area (Å²) < 4.78 is 52.8. The van der Waals surface area contributed by atoms with Gasteiger partial charge in [0.15, 0.2) is 11.5 Å². The molecule has 0 atom stereocenters. The minimum atomic E-state index is -4.12. The molecule has 0 fully saturated rings. The van der Waals surface area contributed by atoms with E-state index in [-0.39, 0.29) is 24.0 Å². The zero-order valence-electron chi connectivity index (χ0n) is 16.1. The molecule has 0 aliphatic rings. The van der Waals surface area contributed by atoms with E-state index in [1.807, 2.05) is 60.7 Å². The van der Waals surface area contributed by atoms with Crippen LogP contribution in [0.1, 0.15) is 17.0 Å². The highest BCUT2D eigenvalue weighted by atomic mass is 32.2. The molecular formula is C22H22FNO4S. The number of ether oxygens (including phenoxy) is 2. The summed E-state index contributed by atoms with van der Waals surface area (Å²) >= 11 is 0. The summed E-state index contributed by atoms with van der Waals surface area (Å²) in [6, 6.07) is 21.2. The molecule has 0 unspecified atom stereocenters. The van der Waals surface area contributed by atoms with Crippen LogP contribution in [0.2, 0.25) is 0 Å². The fraction of sp³-hybridized carbons (Fsp3) is 0.182. The van der Waals surface area contributed by atoms with Crippen LogP contribution < -0.4 is 14.2 Å². The molecule has 0 amide bonds. The molecule has 152 valence electrons. The zero-order chi connectivity index (χ0) is 20.9. The molecule has 0 bridgehead atoms. The van der Waals surface area contributed by atoms with Gasteiger partial charge in [-0.2, -0.15) is 0 Å². The van der Waals surface area contributed by atoms with Crippen LogP contribution in [0, 0.1) is 5.82 Å². The lowest BCUT2D eigenvalue weighted by molar-refractivity contribution is 0.350. The lowest BCUT2D eigenvalue weighted by Crippen LogP contribution is -2.29. The van der Waals surface area contributed by atoms with E-state index >= 15 is 0 Å². The van der Waals surface area contributed by atoms with Crippen LogP contribution in [-0.2, 0) is 10.0 Å². The molecule has 0 radical (unpaired) electrons. The third-order valence-electron chi connectivity index (χ3n) is 4.61. The third-order valence-corrected chi connectivity index (χ3v) is 6.05. The van der Waals surface area contributed by atoms with Crippen molar-refractivity contribution in [3.8, 4) is 11.5 Å². The second-order valence-corrected chi connectivity index (χ2v) is 8.10. The van der Waals surface area contributed by atoms with Crippen LogP contribution >= 0.6 is 0 Å². The molecular weight excluding hydrogens is 393 g/mol. The van der Waals surface area contributed by atoms with E-state index in [2.05, 4.69) is 4.72 Å². The molecule has 0 aromatic heterocycles. The number of methoxy groups -OCH3 is 2. The lowest BCUT2D eigenvalue weighted by Gasteiger charge is -2.19. The number of sulfonamides is 1. The smallest absolute Gasteiger partial charge is 0.243 e. The molecule has 0 spiro atoms. The third kappa shape index (κ3) is 4.75. The largest absolute Gasteiger partial charge is 0.493 e. The molecule has 0 heterocycles. The molecule has 1 N–H and O–H groups in total. The van der Waals surface area contributed by atoms with Crippen molar-refractivity contribution in [2.75, 3.05) is 20.8 Å². The van der Waals surface area contributed by atoms with E-state index in [4.69, 9.17) is 9.47 Å². The van der Waals surface area contributed by atoms with Gasteiger partial charge in [0.25, 0.3) is 0 Å². The lowest BCUT2D eigenvalue weighted by atomic mass is 9.92. The van der Waals surface area contributed by atoms with Crippen molar-refractivity contribution in [2.24, 2.45) is 0 Å². The standard InChI is InChI=1S/C22H22FNO4S/c1-27-20-13-19(23)22(14-21(20)28-2)29(25,26)24-15-18(16-9-5-3-6-10-16)17-11-7-4-8-12-17/h3-14,18,24H,15H2,1-2H3. The SMILES string of the molecule is COc1cc(F)c(S(=O)(=O)NCC(c2ccccc2)c2ccccc2)cc1OC. The maximum atomic E-state index is 14.5. The highest BCUT2D eigenvalue weighted by molar-refractivity contribution is 7.89. The van der Waals surface area contributed by atoms with Gasteiger partial charge in [-0.1, -0.05) is 60.7 Å². The fourth-order valence-electron chi connectivity index (χ4n) is 3.11. The van der Waals surface area contributed by atoms with Crippen LogP contribution in [0.15, 0.2) is 77.7 Å². The summed E-state index contributed by atoms with van der Waals surface area (Å²) in [5.74, 6) is -0.881. The predicted molar refractivity (Wildman–Crippen MR) is 109 cm³/mol. The van der Waals surface area contributed by atoms with E-state index < -0.39 is 20.7 Å². The Bertz CT molecular complexity index is 1020. The van der Waals surface area contributed by atoms with E-state index in [1.54, 1.807) is 0 Å². The second kappa shape index (κ2) is 9.07. The van der Waals surface area contributed by atoms with Gasteiger partial charge in [0.05, 0.1) is 14.2 Å². The van der Waals surface area contributed by atoms with Crippen LogP contribution in [0.5, 0.6) is 11.5 Å². The molecule has 7 heteroatoms. The monoisotopic (exact) mass is 415 g/mol. The molecule has 3 aromatic rings. The van der Waals surface area contributed by atoms with Gasteiger partial charge in [-0.3, -0.25) is 0 Å². The Hall–Kier alpha value is -2.90. The Kier molecular flexibility index (Phi) is 6.51. The molecule has 0 saturated heterocycles. The van der Waals surface area contributed by atoms with Crippen LogP contribution in [0.25, 0.3) is 0 Å². The molecule has 3 rings (SSSR count). The Morgan fingerprint density at radius 3 is 1.83 bits per heavy atom. The van der Waals surface area contributed by atoms with Gasteiger partial charge >= 0.3 is 0 Å². The normalized spacial score (nSPS) is 11.4. The zero-order valence-corrected chi connectivity index (χ0v) is 16.9. The molecule has 0 saturated carbocycles. The van der Waals surface area contributed by atoms with Gasteiger partial charge in [0, 0.05) is 24.6 Å². The first kappa shape index (κ1) is 20.8. The number of hydrogen-bond donors (Lipinski definition) is 1. The minimum Gasteiger partial charge on any atom is -0.493 e. The van der Waals surface area contributed by atoms with Crippen molar-refractivity contribution in [1.82, 2.24) is 4.72 Å². The first-order valence-electron chi connectivity index (χ1n) is 8.97. The van der Waals surface area contributed by atoms with Gasteiger partial charge in [0.2, 0.25) is 10.0 Å². The Balaban J connectivity index is 1.91. The topological polar surface area (TPSA) is 64.6 Å². The number of halogens is 1. The number of rotatable bonds is 8. The van der Waals surface area contributed by atoms with Crippen molar-refractivity contribution < 1.29 is 22.3 Å². The first-order valence-corrected chi connectivity index (χ1v) is 10.5. The average molecular weight is 415 g/mol. The number of benzene rings is 3. The summed E-state index contributed by atoms with van der Waals surface area (Å²) in [5.41, 5.74) is 1.91. The summed E-state index contributed by atoms with van der Waals surface area (Å²) in [6.45, 7) is 0.0736. The molecule has 0 aliphatic carbocycles. The summed E-state index contributed by atoms with van der Waals surface area (Å²) in [7, 11) is -1.40. The molecule has 0 aliphatic heterocycles. The quantitative estimate of drug-likeness (QED) is 0.605. The van der Waals surface area contributed by atoms with Gasteiger partial charge in [-0.15, -0.1) is 0 Å². The predicted octanol–water partition coefficient (Wildman–Crippen LogP) is 3.95. The minimum absolute atomic E-state index is 0.0736. The maximum absolute atomic E-state index is 14.5. The summed E-state index contributed by atoms with van der Waals surface area (Å²) in [4.78, 5) is -0.491. The van der Waals surface area contributed by atoms with Crippen molar-refractivity contribution in [2.45, 2.75) is 10.8 Å². The fourth-order valence-corrected chi connectivity index (χ4v) is 4.23. The Labute approximate surface area is 170 Å². The van der Waals surface area contributed by atoms with Gasteiger partial charge < -0.3 is 9.47 Å². The van der Waals surface area contributed by atoms with Gasteiger partial charge in [-0.05, 0) is 11.1 Å². The molecule has 29 heavy (non-hydrogen) atoms. The number of nitrogens with one attached hydrogen (secondary N) is 1. The van der Waals surface area contributed by atoms with Gasteiger partial charge in [0.1, 0.15) is 10.7 Å². The van der Waals surface area contributed by atoms with Crippen molar-refractivity contribution in [3.63, 3.8) is 0 Å². The Morgan fingerprint density at radius 2 is 1.34 bits per heavy atom. The molecule has 3 aromatic carbocycles. The van der Waals surface area contributed by atoms with E-state index in [0.717, 1.165) is 23.3 Å².